The van der Waals surface area contributed by atoms with Crippen LogP contribution in [0.25, 0.3) is 5.69 Å². The molecule has 0 aliphatic heterocycles. The Morgan fingerprint density at radius 3 is 2.61 bits per heavy atom. The zero-order valence-electron chi connectivity index (χ0n) is 17.2. The van der Waals surface area contributed by atoms with Gasteiger partial charge in [0, 0.05) is 18.0 Å². The number of carbonyl (C=O) groups excluding carboxylic acids is 1. The zero-order chi connectivity index (χ0) is 19.8. The van der Waals surface area contributed by atoms with Crippen molar-refractivity contribution < 1.29 is 14.3 Å². The number of benzene rings is 1. The van der Waals surface area contributed by atoms with Gasteiger partial charge >= 0.3 is 5.97 Å². The molecule has 0 bridgehead atoms. The average molecular weight is 385 g/mol. The number of carbonyl (C=O) groups is 1. The lowest BCUT2D eigenvalue weighted by atomic mass is 9.86. The third kappa shape index (κ3) is 5.37. The van der Waals surface area contributed by atoms with Crippen LogP contribution in [-0.2, 0) is 16.0 Å². The Morgan fingerprint density at radius 1 is 1.18 bits per heavy atom. The molecular weight excluding hydrogens is 352 g/mol. The fourth-order valence-corrected chi connectivity index (χ4v) is 3.82. The van der Waals surface area contributed by atoms with Crippen LogP contribution in [0, 0.1) is 0 Å². The van der Waals surface area contributed by atoms with Crippen LogP contribution in [0.4, 0.5) is 0 Å². The standard InChI is InChI=1S/C23H32N2O3/c1-3-4-16-28-21-13-11-20(12-14-21)25-22(18-8-6-5-7-9-18)17-19(24-25)10-15-23(26)27-2/h11-14,17-18H,3-10,15-16H2,1-2H3. The molecule has 1 fully saturated rings. The van der Waals surface area contributed by atoms with Crippen LogP contribution in [0.5, 0.6) is 5.75 Å². The molecular formula is C23H32N2O3. The van der Waals surface area contributed by atoms with Gasteiger partial charge in [-0.3, -0.25) is 4.79 Å². The maximum Gasteiger partial charge on any atom is 0.305 e. The summed E-state index contributed by atoms with van der Waals surface area (Å²) < 4.78 is 12.6. The van der Waals surface area contributed by atoms with Gasteiger partial charge in [-0.1, -0.05) is 32.6 Å². The molecule has 0 amide bonds. The third-order valence-electron chi connectivity index (χ3n) is 5.47. The van der Waals surface area contributed by atoms with Crippen LogP contribution in [0.2, 0.25) is 0 Å². The molecule has 152 valence electrons. The van der Waals surface area contributed by atoms with E-state index in [1.807, 2.05) is 12.1 Å². The second kappa shape index (κ2) is 10.3. The largest absolute Gasteiger partial charge is 0.494 e. The predicted octanol–water partition coefficient (Wildman–Crippen LogP) is 5.20. The van der Waals surface area contributed by atoms with Crippen molar-refractivity contribution in [3.8, 4) is 11.4 Å². The lowest BCUT2D eigenvalue weighted by Crippen LogP contribution is -2.11. The number of unbranched alkanes of at least 4 members (excludes halogenated alkanes) is 1. The maximum atomic E-state index is 11.5. The van der Waals surface area contributed by atoms with E-state index in [0.29, 0.717) is 18.8 Å². The van der Waals surface area contributed by atoms with Crippen LogP contribution in [0.3, 0.4) is 0 Å². The van der Waals surface area contributed by atoms with Gasteiger partial charge in [0.05, 0.1) is 31.5 Å². The summed E-state index contributed by atoms with van der Waals surface area (Å²) in [6.07, 6.45) is 9.46. The quantitative estimate of drug-likeness (QED) is 0.440. The number of aromatic nitrogens is 2. The van der Waals surface area contributed by atoms with Gasteiger partial charge in [0.2, 0.25) is 0 Å². The number of aryl methyl sites for hydroxylation is 1. The summed E-state index contributed by atoms with van der Waals surface area (Å²) in [6, 6.07) is 10.4. The second-order valence-electron chi connectivity index (χ2n) is 7.58. The first-order chi connectivity index (χ1) is 13.7. The molecule has 0 atom stereocenters. The van der Waals surface area contributed by atoms with Crippen molar-refractivity contribution in [1.82, 2.24) is 9.78 Å². The SMILES string of the molecule is CCCCOc1ccc(-n2nc(CCC(=O)OC)cc2C2CCCCC2)cc1. The van der Waals surface area contributed by atoms with Crippen LogP contribution in [-0.4, -0.2) is 29.5 Å². The minimum atomic E-state index is -0.192. The van der Waals surface area contributed by atoms with Gasteiger partial charge in [0.25, 0.3) is 0 Å². The summed E-state index contributed by atoms with van der Waals surface area (Å²) in [5.41, 5.74) is 3.26. The van der Waals surface area contributed by atoms with E-state index in [9.17, 15) is 4.79 Å². The molecule has 0 unspecified atom stereocenters. The smallest absolute Gasteiger partial charge is 0.305 e. The molecule has 0 saturated heterocycles. The van der Waals surface area contributed by atoms with E-state index in [-0.39, 0.29) is 5.97 Å². The van der Waals surface area contributed by atoms with E-state index in [1.54, 1.807) is 0 Å². The Morgan fingerprint density at radius 2 is 1.93 bits per heavy atom. The van der Waals surface area contributed by atoms with E-state index in [0.717, 1.165) is 36.6 Å². The number of esters is 1. The van der Waals surface area contributed by atoms with Gasteiger partial charge < -0.3 is 9.47 Å². The minimum absolute atomic E-state index is 0.192. The highest BCUT2D eigenvalue weighted by atomic mass is 16.5. The second-order valence-corrected chi connectivity index (χ2v) is 7.58. The third-order valence-corrected chi connectivity index (χ3v) is 5.47. The molecule has 5 nitrogen and oxygen atoms in total. The molecule has 0 radical (unpaired) electrons. The first-order valence-corrected chi connectivity index (χ1v) is 10.6. The lowest BCUT2D eigenvalue weighted by Gasteiger charge is -2.22. The fraction of sp³-hybridized carbons (Fsp3) is 0.565. The Labute approximate surface area is 168 Å². The van der Waals surface area contributed by atoms with Crippen LogP contribution >= 0.6 is 0 Å². The highest BCUT2D eigenvalue weighted by molar-refractivity contribution is 5.69. The van der Waals surface area contributed by atoms with Gasteiger partial charge in [-0.25, -0.2) is 4.68 Å². The van der Waals surface area contributed by atoms with Crippen molar-refractivity contribution in [3.63, 3.8) is 0 Å². The van der Waals surface area contributed by atoms with Crippen molar-refractivity contribution in [2.45, 2.75) is 70.6 Å². The number of methoxy groups -OCH3 is 1. The van der Waals surface area contributed by atoms with Crippen molar-refractivity contribution in [2.24, 2.45) is 0 Å². The van der Waals surface area contributed by atoms with E-state index >= 15 is 0 Å². The van der Waals surface area contributed by atoms with Gasteiger partial charge in [-0.05, 0) is 49.6 Å². The van der Waals surface area contributed by atoms with E-state index in [1.165, 1.54) is 44.9 Å². The number of hydrogen-bond donors (Lipinski definition) is 0. The van der Waals surface area contributed by atoms with Crippen molar-refractivity contribution in [3.05, 3.63) is 41.7 Å². The molecule has 5 heteroatoms. The molecule has 1 aliphatic rings. The first-order valence-electron chi connectivity index (χ1n) is 10.6. The minimum Gasteiger partial charge on any atom is -0.494 e. The van der Waals surface area contributed by atoms with Crippen LogP contribution in [0.1, 0.15) is 75.6 Å². The molecule has 1 aliphatic carbocycles. The van der Waals surface area contributed by atoms with E-state index < -0.39 is 0 Å². The number of hydrogen-bond acceptors (Lipinski definition) is 4. The predicted molar refractivity (Wildman–Crippen MR) is 110 cm³/mol. The monoisotopic (exact) mass is 384 g/mol. The van der Waals surface area contributed by atoms with Crippen molar-refractivity contribution >= 4 is 5.97 Å². The molecule has 1 heterocycles. The van der Waals surface area contributed by atoms with Crippen LogP contribution < -0.4 is 4.74 Å². The van der Waals surface area contributed by atoms with Crippen molar-refractivity contribution in [1.29, 1.82) is 0 Å². The van der Waals surface area contributed by atoms with Gasteiger partial charge in [-0.15, -0.1) is 0 Å². The highest BCUT2D eigenvalue weighted by Crippen LogP contribution is 2.34. The highest BCUT2D eigenvalue weighted by Gasteiger charge is 2.22. The molecule has 0 spiro atoms. The number of rotatable bonds is 9. The summed E-state index contributed by atoms with van der Waals surface area (Å²) in [5, 5.41) is 4.84. The summed E-state index contributed by atoms with van der Waals surface area (Å²) >= 11 is 0. The Balaban J connectivity index is 1.80. The molecule has 3 rings (SSSR count). The van der Waals surface area contributed by atoms with Crippen LogP contribution in [0.15, 0.2) is 30.3 Å². The van der Waals surface area contributed by atoms with Gasteiger partial charge in [0.15, 0.2) is 0 Å². The lowest BCUT2D eigenvalue weighted by molar-refractivity contribution is -0.140. The van der Waals surface area contributed by atoms with Gasteiger partial charge in [0.1, 0.15) is 5.75 Å². The molecule has 1 aromatic heterocycles. The Bertz CT molecular complexity index is 746. The average Bonchev–Trinajstić information content (AvgIpc) is 3.17. The Kier molecular flexibility index (Phi) is 7.52. The summed E-state index contributed by atoms with van der Waals surface area (Å²) in [7, 11) is 1.43. The fourth-order valence-electron chi connectivity index (χ4n) is 3.82. The molecule has 0 N–H and O–H groups in total. The summed E-state index contributed by atoms with van der Waals surface area (Å²) in [4.78, 5) is 11.5. The molecule has 2 aromatic rings. The number of nitrogens with zero attached hydrogens (tertiary/aromatic N) is 2. The Hall–Kier alpha value is -2.30. The summed E-state index contributed by atoms with van der Waals surface area (Å²) in [6.45, 7) is 2.91. The molecule has 1 saturated carbocycles. The summed E-state index contributed by atoms with van der Waals surface area (Å²) in [5.74, 6) is 1.24. The maximum absolute atomic E-state index is 11.5. The molecule has 28 heavy (non-hydrogen) atoms. The van der Waals surface area contributed by atoms with Crippen molar-refractivity contribution in [2.75, 3.05) is 13.7 Å². The first kappa shape index (κ1) is 20.4. The molecule has 1 aromatic carbocycles. The number of ether oxygens (including phenoxy) is 2. The van der Waals surface area contributed by atoms with Gasteiger partial charge in [-0.2, -0.15) is 5.10 Å². The zero-order valence-corrected chi connectivity index (χ0v) is 17.2. The van der Waals surface area contributed by atoms with E-state index in [4.69, 9.17) is 14.6 Å². The van der Waals surface area contributed by atoms with E-state index in [2.05, 4.69) is 29.8 Å². The topological polar surface area (TPSA) is 53.4 Å². The normalized spacial score (nSPS) is 14.8.